The first-order chi connectivity index (χ1) is 13.5. The fourth-order valence-electron chi connectivity index (χ4n) is 3.89. The molecule has 0 N–H and O–H groups in total. The smallest absolute Gasteiger partial charge is 0.308 e. The highest BCUT2D eigenvalue weighted by Crippen LogP contribution is 2.33. The van der Waals surface area contributed by atoms with Crippen LogP contribution in [-0.4, -0.2) is 41.7 Å². The summed E-state index contributed by atoms with van der Waals surface area (Å²) in [6.45, 7) is 6.22. The lowest BCUT2D eigenvalue weighted by molar-refractivity contribution is -0.131. The molecule has 2 unspecified atom stereocenters. The van der Waals surface area contributed by atoms with E-state index in [2.05, 4.69) is 5.16 Å². The van der Waals surface area contributed by atoms with E-state index in [1.54, 1.807) is 30.0 Å². The highest BCUT2D eigenvalue weighted by molar-refractivity contribution is 6.05. The van der Waals surface area contributed by atoms with E-state index in [0.29, 0.717) is 30.0 Å². The van der Waals surface area contributed by atoms with Crippen molar-refractivity contribution in [2.45, 2.75) is 26.9 Å². The van der Waals surface area contributed by atoms with E-state index in [1.807, 2.05) is 31.2 Å². The van der Waals surface area contributed by atoms with Gasteiger partial charge in [0, 0.05) is 30.2 Å². The molecule has 1 amide bonds. The highest BCUT2D eigenvalue weighted by atomic mass is 16.6. The van der Waals surface area contributed by atoms with E-state index >= 15 is 0 Å². The van der Waals surface area contributed by atoms with E-state index in [4.69, 9.17) is 9.57 Å². The summed E-state index contributed by atoms with van der Waals surface area (Å²) in [5.41, 5.74) is 4.31. The van der Waals surface area contributed by atoms with Gasteiger partial charge in [-0.25, -0.2) is 0 Å². The molecular weight excluding hydrogens is 356 g/mol. The molecule has 0 radical (unpaired) electrons. The van der Waals surface area contributed by atoms with Crippen molar-refractivity contribution in [3.05, 3.63) is 64.7 Å². The Hall–Kier alpha value is -3.15. The molecule has 2 heterocycles. The van der Waals surface area contributed by atoms with Gasteiger partial charge >= 0.3 is 5.97 Å². The van der Waals surface area contributed by atoms with Crippen LogP contribution in [0.4, 0.5) is 0 Å². The zero-order valence-electron chi connectivity index (χ0n) is 16.1. The minimum atomic E-state index is -0.407. The van der Waals surface area contributed by atoms with Gasteiger partial charge in [-0.15, -0.1) is 0 Å². The van der Waals surface area contributed by atoms with Gasteiger partial charge in [-0.05, 0) is 31.5 Å². The number of nitrogens with zero attached hydrogens (tertiary/aromatic N) is 2. The predicted octanol–water partition coefficient (Wildman–Crippen LogP) is 3.10. The molecule has 144 valence electrons. The molecule has 1 fully saturated rings. The lowest BCUT2D eigenvalue weighted by atomic mass is 9.92. The Kier molecular flexibility index (Phi) is 4.63. The van der Waals surface area contributed by atoms with Crippen LogP contribution in [0.2, 0.25) is 0 Å². The summed E-state index contributed by atoms with van der Waals surface area (Å²) >= 11 is 0. The second-order valence-corrected chi connectivity index (χ2v) is 7.27. The number of ether oxygens (including phenoxy) is 1. The van der Waals surface area contributed by atoms with Gasteiger partial charge in [-0.3, -0.25) is 9.59 Å². The monoisotopic (exact) mass is 378 g/mol. The summed E-state index contributed by atoms with van der Waals surface area (Å²) in [6.07, 6.45) is -0.129. The number of amides is 1. The molecule has 6 nitrogen and oxygen atoms in total. The molecule has 0 aromatic heterocycles. The maximum atomic E-state index is 13.1. The molecule has 0 aliphatic carbocycles. The van der Waals surface area contributed by atoms with Crippen LogP contribution in [0.3, 0.4) is 0 Å². The van der Waals surface area contributed by atoms with Crippen molar-refractivity contribution in [2.75, 3.05) is 13.1 Å². The molecule has 28 heavy (non-hydrogen) atoms. The van der Waals surface area contributed by atoms with E-state index in [1.165, 1.54) is 6.92 Å². The number of likely N-dealkylation sites (tertiary alicyclic amines) is 1. The number of oxime groups is 1. The second kappa shape index (κ2) is 7.11. The third kappa shape index (κ3) is 3.15. The number of rotatable bonds is 3. The van der Waals surface area contributed by atoms with Gasteiger partial charge in [0.05, 0.1) is 18.2 Å². The van der Waals surface area contributed by atoms with Crippen LogP contribution in [0.5, 0.6) is 5.75 Å². The molecule has 2 atom stereocenters. The second-order valence-electron chi connectivity index (χ2n) is 7.27. The van der Waals surface area contributed by atoms with Crippen molar-refractivity contribution in [1.29, 1.82) is 0 Å². The molecular formula is C22H22N2O4. The third-order valence-electron chi connectivity index (χ3n) is 5.38. The van der Waals surface area contributed by atoms with E-state index in [0.717, 1.165) is 16.8 Å². The van der Waals surface area contributed by atoms with Crippen LogP contribution in [0.25, 0.3) is 0 Å². The Morgan fingerprint density at radius 1 is 1.11 bits per heavy atom. The summed E-state index contributed by atoms with van der Waals surface area (Å²) in [5, 5.41) is 4.30. The van der Waals surface area contributed by atoms with Gasteiger partial charge in [0.25, 0.3) is 5.91 Å². The molecule has 0 saturated carbocycles. The Bertz CT molecular complexity index is 982. The number of carbonyl (C=O) groups excluding carboxylic acids is 2. The molecule has 4 rings (SSSR count). The maximum absolute atomic E-state index is 13.1. The van der Waals surface area contributed by atoms with Crippen LogP contribution < -0.4 is 4.74 Å². The number of aryl methyl sites for hydroxylation is 1. The maximum Gasteiger partial charge on any atom is 0.308 e. The topological polar surface area (TPSA) is 68.2 Å². The third-order valence-corrected chi connectivity index (χ3v) is 5.38. The van der Waals surface area contributed by atoms with Crippen LogP contribution in [-0.2, 0) is 9.63 Å². The quantitative estimate of drug-likeness (QED) is 0.608. The first kappa shape index (κ1) is 18.2. The number of fused-ring (bicyclic) bond motifs is 1. The number of hydrogen-bond donors (Lipinski definition) is 0. The van der Waals surface area contributed by atoms with Crippen LogP contribution in [0.15, 0.2) is 47.6 Å². The van der Waals surface area contributed by atoms with Crippen molar-refractivity contribution in [2.24, 2.45) is 11.1 Å². The first-order valence-electron chi connectivity index (χ1n) is 9.32. The first-order valence-corrected chi connectivity index (χ1v) is 9.32. The highest BCUT2D eigenvalue weighted by Gasteiger charge is 2.44. The SMILES string of the molecule is CC(=O)Oc1cccc(C(=O)N2CC3ON=C(c4ccccc4C)C3C2)c1C. The number of benzene rings is 2. The van der Waals surface area contributed by atoms with Crippen molar-refractivity contribution >= 4 is 17.6 Å². The van der Waals surface area contributed by atoms with E-state index in [9.17, 15) is 9.59 Å². The average molecular weight is 378 g/mol. The Balaban J connectivity index is 1.56. The molecule has 0 bridgehead atoms. The number of carbonyl (C=O) groups is 2. The minimum Gasteiger partial charge on any atom is -0.426 e. The number of esters is 1. The normalized spacial score (nSPS) is 20.4. The Labute approximate surface area is 163 Å². The van der Waals surface area contributed by atoms with Crippen LogP contribution in [0, 0.1) is 19.8 Å². The zero-order valence-corrected chi connectivity index (χ0v) is 16.1. The van der Waals surface area contributed by atoms with Crippen LogP contribution >= 0.6 is 0 Å². The summed E-state index contributed by atoms with van der Waals surface area (Å²) in [4.78, 5) is 31.9. The molecule has 6 heteroatoms. The molecule has 2 aliphatic rings. The van der Waals surface area contributed by atoms with Gasteiger partial charge in [-0.1, -0.05) is 35.5 Å². The fourth-order valence-corrected chi connectivity index (χ4v) is 3.89. The minimum absolute atomic E-state index is 0.0574. The van der Waals surface area contributed by atoms with E-state index < -0.39 is 5.97 Å². The van der Waals surface area contributed by atoms with Crippen molar-refractivity contribution in [3.8, 4) is 5.75 Å². The van der Waals surface area contributed by atoms with Crippen LogP contribution in [0.1, 0.15) is 34.0 Å². The summed E-state index contributed by atoms with van der Waals surface area (Å²) < 4.78 is 5.21. The van der Waals surface area contributed by atoms with Crippen molar-refractivity contribution in [1.82, 2.24) is 4.90 Å². The van der Waals surface area contributed by atoms with Gasteiger partial charge < -0.3 is 14.5 Å². The Morgan fingerprint density at radius 3 is 2.64 bits per heavy atom. The average Bonchev–Trinajstić information content (AvgIpc) is 3.24. The van der Waals surface area contributed by atoms with Gasteiger partial charge in [0.15, 0.2) is 6.10 Å². The zero-order chi connectivity index (χ0) is 19.8. The fraction of sp³-hybridized carbons (Fsp3) is 0.318. The largest absolute Gasteiger partial charge is 0.426 e. The van der Waals surface area contributed by atoms with Crippen molar-refractivity contribution < 1.29 is 19.2 Å². The van der Waals surface area contributed by atoms with Crippen molar-refractivity contribution in [3.63, 3.8) is 0 Å². The van der Waals surface area contributed by atoms with E-state index in [-0.39, 0.29) is 17.9 Å². The predicted molar refractivity (Wildman–Crippen MR) is 104 cm³/mol. The van der Waals surface area contributed by atoms with Gasteiger partial charge in [0.2, 0.25) is 0 Å². The Morgan fingerprint density at radius 2 is 1.89 bits per heavy atom. The van der Waals surface area contributed by atoms with Gasteiger partial charge in [0.1, 0.15) is 5.75 Å². The van der Waals surface area contributed by atoms with Gasteiger partial charge in [-0.2, -0.15) is 0 Å². The number of hydrogen-bond acceptors (Lipinski definition) is 5. The molecule has 2 aromatic carbocycles. The molecule has 0 spiro atoms. The summed E-state index contributed by atoms with van der Waals surface area (Å²) in [6, 6.07) is 13.3. The molecule has 1 saturated heterocycles. The molecule has 2 aromatic rings. The lowest BCUT2D eigenvalue weighted by Crippen LogP contribution is -2.31. The standard InChI is InChI=1S/C22H22N2O4/c1-13-7-4-5-8-16(13)21-18-11-24(12-20(18)28-23-21)22(26)17-9-6-10-19(14(17)2)27-15(3)25/h4-10,18,20H,11-12H2,1-3H3. The summed E-state index contributed by atoms with van der Waals surface area (Å²) in [7, 11) is 0. The molecule has 2 aliphatic heterocycles. The lowest BCUT2D eigenvalue weighted by Gasteiger charge is -2.19. The summed E-state index contributed by atoms with van der Waals surface area (Å²) in [5.74, 6) is -0.0253.